The van der Waals surface area contributed by atoms with Crippen LogP contribution in [0.3, 0.4) is 0 Å². The molecule has 0 radical (unpaired) electrons. The van der Waals surface area contributed by atoms with E-state index in [9.17, 15) is 4.79 Å². The number of nitrogens with two attached hydrogens (primary N) is 1. The molecule has 1 atom stereocenters. The molecular formula is C19H28N4O2. The standard InChI is InChI=1S/C19H28N4O2/c1-18(2,3)16(20)15-17(19(4,5)6)21-13-11-12(9-10-23(13)15)7-8-14(24)22-25/h7-11,16,25H,20H2,1-6H3,(H,22,24)/b8-7+. The third kappa shape index (κ3) is 4.08. The minimum absolute atomic E-state index is 0.103. The zero-order chi connectivity index (χ0) is 19.0. The van der Waals surface area contributed by atoms with Crippen molar-refractivity contribution in [2.75, 3.05) is 0 Å². The van der Waals surface area contributed by atoms with E-state index in [1.54, 1.807) is 11.6 Å². The van der Waals surface area contributed by atoms with Crippen molar-refractivity contribution in [3.8, 4) is 0 Å². The summed E-state index contributed by atoms with van der Waals surface area (Å²) in [6.07, 6.45) is 4.82. The lowest BCUT2D eigenvalue weighted by Crippen LogP contribution is -2.30. The van der Waals surface area contributed by atoms with Crippen molar-refractivity contribution in [3.05, 3.63) is 41.4 Å². The summed E-state index contributed by atoms with van der Waals surface area (Å²) in [5.41, 5.74) is 11.5. The molecule has 0 aliphatic rings. The first-order valence-electron chi connectivity index (χ1n) is 8.35. The molecule has 2 aromatic rings. The van der Waals surface area contributed by atoms with Crippen LogP contribution in [-0.2, 0) is 10.2 Å². The fourth-order valence-electron chi connectivity index (χ4n) is 2.65. The van der Waals surface area contributed by atoms with Gasteiger partial charge >= 0.3 is 0 Å². The summed E-state index contributed by atoms with van der Waals surface area (Å²) in [5.74, 6) is -0.575. The van der Waals surface area contributed by atoms with Crippen LogP contribution in [0, 0.1) is 5.41 Å². The highest BCUT2D eigenvalue weighted by molar-refractivity contribution is 5.90. The first kappa shape index (κ1) is 19.1. The number of imidazole rings is 1. The van der Waals surface area contributed by atoms with Crippen LogP contribution in [0.5, 0.6) is 0 Å². The highest BCUT2D eigenvalue weighted by Crippen LogP contribution is 2.37. The molecule has 136 valence electrons. The van der Waals surface area contributed by atoms with Gasteiger partial charge in [0.1, 0.15) is 5.65 Å². The maximum Gasteiger partial charge on any atom is 0.267 e. The Labute approximate surface area is 148 Å². The van der Waals surface area contributed by atoms with Gasteiger partial charge in [-0.15, -0.1) is 0 Å². The number of rotatable bonds is 3. The van der Waals surface area contributed by atoms with Crippen LogP contribution >= 0.6 is 0 Å². The molecule has 0 aliphatic heterocycles. The topological polar surface area (TPSA) is 92.6 Å². The Kier molecular flexibility index (Phi) is 5.06. The van der Waals surface area contributed by atoms with Gasteiger partial charge in [0.15, 0.2) is 0 Å². The molecular weight excluding hydrogens is 316 g/mol. The fourth-order valence-corrected chi connectivity index (χ4v) is 2.65. The highest BCUT2D eigenvalue weighted by Gasteiger charge is 2.32. The molecule has 0 aliphatic carbocycles. The summed E-state index contributed by atoms with van der Waals surface area (Å²) in [5, 5.41) is 8.57. The van der Waals surface area contributed by atoms with E-state index < -0.39 is 5.91 Å². The SMILES string of the molecule is CC(C)(C)c1nc2cc(/C=C/C(=O)NO)ccn2c1C(N)C(C)(C)C. The number of hydrogen-bond acceptors (Lipinski definition) is 4. The highest BCUT2D eigenvalue weighted by atomic mass is 16.5. The molecule has 6 nitrogen and oxygen atoms in total. The average molecular weight is 344 g/mol. The lowest BCUT2D eigenvalue weighted by molar-refractivity contribution is -0.124. The molecule has 25 heavy (non-hydrogen) atoms. The van der Waals surface area contributed by atoms with Gasteiger partial charge in [-0.2, -0.15) is 0 Å². The molecule has 0 aromatic carbocycles. The Morgan fingerprint density at radius 2 is 1.96 bits per heavy atom. The Balaban J connectivity index is 2.63. The molecule has 0 bridgehead atoms. The van der Waals surface area contributed by atoms with E-state index in [2.05, 4.69) is 41.5 Å². The van der Waals surface area contributed by atoms with E-state index in [1.165, 1.54) is 6.08 Å². The number of carbonyl (C=O) groups excluding carboxylic acids is 1. The summed E-state index contributed by atoms with van der Waals surface area (Å²) < 4.78 is 2.03. The molecule has 2 rings (SSSR count). The molecule has 1 unspecified atom stereocenters. The first-order valence-corrected chi connectivity index (χ1v) is 8.35. The number of carbonyl (C=O) groups is 1. The molecule has 0 saturated heterocycles. The van der Waals surface area contributed by atoms with Crippen LogP contribution in [0.4, 0.5) is 0 Å². The molecule has 2 aromatic heterocycles. The summed E-state index contributed by atoms with van der Waals surface area (Å²) in [6, 6.07) is 3.62. The zero-order valence-corrected chi connectivity index (χ0v) is 15.8. The monoisotopic (exact) mass is 344 g/mol. The first-order chi connectivity index (χ1) is 11.4. The molecule has 4 N–H and O–H groups in total. The normalized spacial score (nSPS) is 14.2. The maximum atomic E-state index is 11.2. The fraction of sp³-hybridized carbons (Fsp3) is 0.474. The molecule has 1 amide bonds. The zero-order valence-electron chi connectivity index (χ0n) is 15.8. The number of aromatic nitrogens is 2. The van der Waals surface area contributed by atoms with Gasteiger partial charge in [-0.25, -0.2) is 10.5 Å². The second-order valence-electron chi connectivity index (χ2n) is 8.44. The Morgan fingerprint density at radius 3 is 2.48 bits per heavy atom. The van der Waals surface area contributed by atoms with E-state index in [-0.39, 0.29) is 16.9 Å². The number of pyridine rings is 1. The number of hydrogen-bond donors (Lipinski definition) is 3. The molecule has 0 saturated carbocycles. The Hall–Kier alpha value is -2.18. The molecule has 2 heterocycles. The summed E-state index contributed by atoms with van der Waals surface area (Å²) in [7, 11) is 0. The van der Waals surface area contributed by atoms with Crippen molar-refractivity contribution in [3.63, 3.8) is 0 Å². The summed E-state index contributed by atoms with van der Waals surface area (Å²) >= 11 is 0. The maximum absolute atomic E-state index is 11.2. The molecule has 6 heteroatoms. The van der Waals surface area contributed by atoms with Gasteiger partial charge in [-0.1, -0.05) is 41.5 Å². The third-order valence-electron chi connectivity index (χ3n) is 4.16. The van der Waals surface area contributed by atoms with Crippen LogP contribution in [0.15, 0.2) is 24.4 Å². The van der Waals surface area contributed by atoms with Crippen molar-refractivity contribution in [1.82, 2.24) is 14.9 Å². The van der Waals surface area contributed by atoms with E-state index >= 15 is 0 Å². The van der Waals surface area contributed by atoms with Crippen molar-refractivity contribution < 1.29 is 10.0 Å². The van der Waals surface area contributed by atoms with Crippen molar-refractivity contribution >= 4 is 17.6 Å². The quantitative estimate of drug-likeness (QED) is 0.453. The average Bonchev–Trinajstić information content (AvgIpc) is 2.89. The van der Waals surface area contributed by atoms with Crippen LogP contribution in [0.2, 0.25) is 0 Å². The number of hydroxylamine groups is 1. The largest absolute Gasteiger partial charge is 0.322 e. The van der Waals surface area contributed by atoms with E-state index in [0.29, 0.717) is 0 Å². The molecule has 0 fully saturated rings. The second-order valence-corrected chi connectivity index (χ2v) is 8.44. The van der Waals surface area contributed by atoms with Gasteiger partial charge in [-0.05, 0) is 29.2 Å². The van der Waals surface area contributed by atoms with Crippen LogP contribution in [0.25, 0.3) is 11.7 Å². The Bertz CT molecular complexity index is 807. The van der Waals surface area contributed by atoms with Gasteiger partial charge < -0.3 is 10.1 Å². The lowest BCUT2D eigenvalue weighted by atomic mass is 9.81. The van der Waals surface area contributed by atoms with Gasteiger partial charge in [0.05, 0.1) is 17.4 Å². The van der Waals surface area contributed by atoms with Crippen molar-refractivity contribution in [2.45, 2.75) is 53.0 Å². The minimum atomic E-state index is -0.575. The van der Waals surface area contributed by atoms with Crippen molar-refractivity contribution in [2.24, 2.45) is 11.1 Å². The van der Waals surface area contributed by atoms with Crippen LogP contribution < -0.4 is 11.2 Å². The van der Waals surface area contributed by atoms with Crippen LogP contribution in [0.1, 0.15) is 64.5 Å². The van der Waals surface area contributed by atoms with E-state index in [1.807, 2.05) is 22.7 Å². The Morgan fingerprint density at radius 1 is 1.32 bits per heavy atom. The van der Waals surface area contributed by atoms with Gasteiger partial charge in [-0.3, -0.25) is 10.0 Å². The van der Waals surface area contributed by atoms with Gasteiger partial charge in [0, 0.05) is 17.7 Å². The van der Waals surface area contributed by atoms with E-state index in [4.69, 9.17) is 15.9 Å². The minimum Gasteiger partial charge on any atom is -0.322 e. The number of nitrogens with one attached hydrogen (secondary N) is 1. The van der Waals surface area contributed by atoms with Gasteiger partial charge in [0.2, 0.25) is 0 Å². The van der Waals surface area contributed by atoms with Crippen LogP contribution in [-0.4, -0.2) is 20.5 Å². The number of nitrogens with zero attached hydrogens (tertiary/aromatic N) is 2. The molecule has 0 spiro atoms. The number of amides is 1. The predicted molar refractivity (Wildman–Crippen MR) is 99.2 cm³/mol. The number of fused-ring (bicyclic) bond motifs is 1. The van der Waals surface area contributed by atoms with E-state index in [0.717, 1.165) is 22.6 Å². The van der Waals surface area contributed by atoms with Gasteiger partial charge in [0.25, 0.3) is 5.91 Å². The second kappa shape index (κ2) is 6.61. The lowest BCUT2D eigenvalue weighted by Gasteiger charge is -2.30. The predicted octanol–water partition coefficient (Wildman–Crippen LogP) is 3.20. The third-order valence-corrected chi connectivity index (χ3v) is 4.16. The summed E-state index contributed by atoms with van der Waals surface area (Å²) in [6.45, 7) is 12.7. The summed E-state index contributed by atoms with van der Waals surface area (Å²) in [4.78, 5) is 16.0. The smallest absolute Gasteiger partial charge is 0.267 e. The van der Waals surface area contributed by atoms with Crippen molar-refractivity contribution in [1.29, 1.82) is 0 Å².